The fourth-order valence-electron chi connectivity index (χ4n) is 2.45. The van der Waals surface area contributed by atoms with E-state index >= 15 is 0 Å². The maximum Gasteiger partial charge on any atom is 0.238 e. The number of hydrogen-bond acceptors (Lipinski definition) is 4. The fourth-order valence-corrected chi connectivity index (χ4v) is 2.45. The van der Waals surface area contributed by atoms with Gasteiger partial charge < -0.3 is 10.4 Å². The quantitative estimate of drug-likeness (QED) is 0.822. The van der Waals surface area contributed by atoms with Crippen LogP contribution in [0, 0.1) is 13.8 Å². The number of nitrogens with one attached hydrogen (secondary N) is 1. The smallest absolute Gasteiger partial charge is 0.238 e. The average Bonchev–Trinajstić information content (AvgIpc) is 2.51. The largest absolute Gasteiger partial charge is 0.395 e. The van der Waals surface area contributed by atoms with Crippen molar-refractivity contribution < 1.29 is 9.90 Å². The number of rotatable bonds is 7. The average molecular weight is 313 g/mol. The van der Waals surface area contributed by atoms with E-state index < -0.39 is 0 Å². The number of benzene rings is 1. The molecule has 1 heterocycles. The number of aliphatic hydroxyl groups excluding tert-OH is 1. The Balaban J connectivity index is 1.97. The molecule has 1 aromatic carbocycles. The van der Waals surface area contributed by atoms with E-state index in [-0.39, 0.29) is 19.1 Å². The summed E-state index contributed by atoms with van der Waals surface area (Å²) in [5.74, 6) is -0.0886. The molecule has 1 amide bonds. The minimum atomic E-state index is -0.0886. The van der Waals surface area contributed by atoms with E-state index in [1.54, 1.807) is 12.4 Å². The first kappa shape index (κ1) is 17.1. The minimum Gasteiger partial charge on any atom is -0.395 e. The highest BCUT2D eigenvalue weighted by Crippen LogP contribution is 2.16. The van der Waals surface area contributed by atoms with Crippen LogP contribution in [0.15, 0.2) is 42.7 Å². The Kier molecular flexibility index (Phi) is 6.26. The van der Waals surface area contributed by atoms with Crippen molar-refractivity contribution in [1.29, 1.82) is 0 Å². The van der Waals surface area contributed by atoms with Gasteiger partial charge in [-0.3, -0.25) is 14.7 Å². The molecule has 5 nitrogen and oxygen atoms in total. The van der Waals surface area contributed by atoms with Crippen LogP contribution >= 0.6 is 0 Å². The Morgan fingerprint density at radius 2 is 2.13 bits per heavy atom. The lowest BCUT2D eigenvalue weighted by molar-refractivity contribution is -0.117. The number of anilines is 1. The van der Waals surface area contributed by atoms with Gasteiger partial charge in [-0.25, -0.2) is 0 Å². The molecule has 0 unspecified atom stereocenters. The second-order valence-corrected chi connectivity index (χ2v) is 5.66. The maximum absolute atomic E-state index is 12.3. The monoisotopic (exact) mass is 313 g/mol. The summed E-state index contributed by atoms with van der Waals surface area (Å²) in [4.78, 5) is 18.2. The first-order chi connectivity index (χ1) is 11.1. The molecular weight excluding hydrogens is 290 g/mol. The SMILES string of the molecule is Cc1ccc(NC(=O)CN(CCO)Cc2cccnc2)c(C)c1. The molecule has 5 heteroatoms. The van der Waals surface area contributed by atoms with Gasteiger partial charge in [-0.1, -0.05) is 23.8 Å². The van der Waals surface area contributed by atoms with Crippen LogP contribution in [0.25, 0.3) is 0 Å². The minimum absolute atomic E-state index is 0.0110. The Bertz CT molecular complexity index is 644. The summed E-state index contributed by atoms with van der Waals surface area (Å²) in [5.41, 5.74) is 4.05. The van der Waals surface area contributed by atoms with Crippen LogP contribution in [-0.4, -0.2) is 40.6 Å². The van der Waals surface area contributed by atoms with Crippen molar-refractivity contribution in [3.05, 3.63) is 59.4 Å². The highest BCUT2D eigenvalue weighted by molar-refractivity contribution is 5.93. The lowest BCUT2D eigenvalue weighted by Crippen LogP contribution is -2.35. The van der Waals surface area contributed by atoms with Gasteiger partial charge in [-0.15, -0.1) is 0 Å². The van der Waals surface area contributed by atoms with Crippen molar-refractivity contribution in [3.63, 3.8) is 0 Å². The topological polar surface area (TPSA) is 65.5 Å². The zero-order valence-electron chi connectivity index (χ0n) is 13.6. The van der Waals surface area contributed by atoms with Crippen molar-refractivity contribution in [1.82, 2.24) is 9.88 Å². The molecule has 0 fully saturated rings. The summed E-state index contributed by atoms with van der Waals surface area (Å²) in [5, 5.41) is 12.1. The van der Waals surface area contributed by atoms with Gasteiger partial charge in [0.05, 0.1) is 13.2 Å². The standard InChI is InChI=1S/C18H23N3O2/c1-14-5-6-17(15(2)10-14)20-18(23)13-21(8-9-22)12-16-4-3-7-19-11-16/h3-7,10-11,22H,8-9,12-13H2,1-2H3,(H,20,23). The van der Waals surface area contributed by atoms with Crippen molar-refractivity contribution in [2.75, 3.05) is 25.0 Å². The third-order valence-electron chi connectivity index (χ3n) is 3.57. The third kappa shape index (κ3) is 5.47. The lowest BCUT2D eigenvalue weighted by atomic mass is 10.1. The van der Waals surface area contributed by atoms with Gasteiger partial charge in [0.1, 0.15) is 0 Å². The zero-order chi connectivity index (χ0) is 16.7. The molecule has 23 heavy (non-hydrogen) atoms. The number of pyridine rings is 1. The van der Waals surface area contributed by atoms with E-state index in [9.17, 15) is 9.90 Å². The summed E-state index contributed by atoms with van der Waals surface area (Å²) in [6.45, 7) is 5.25. The normalized spacial score (nSPS) is 10.8. The molecule has 0 aliphatic carbocycles. The summed E-state index contributed by atoms with van der Waals surface area (Å²) in [6, 6.07) is 9.75. The molecule has 122 valence electrons. The summed E-state index contributed by atoms with van der Waals surface area (Å²) >= 11 is 0. The highest BCUT2D eigenvalue weighted by atomic mass is 16.3. The van der Waals surface area contributed by atoms with Gasteiger partial charge in [0.25, 0.3) is 0 Å². The molecule has 0 saturated heterocycles. The summed E-state index contributed by atoms with van der Waals surface area (Å²) < 4.78 is 0. The number of carbonyl (C=O) groups is 1. The fraction of sp³-hybridized carbons (Fsp3) is 0.333. The van der Waals surface area contributed by atoms with Crippen molar-refractivity contribution in [2.45, 2.75) is 20.4 Å². The second-order valence-electron chi connectivity index (χ2n) is 5.66. The van der Waals surface area contributed by atoms with Crippen LogP contribution in [0.4, 0.5) is 5.69 Å². The molecular formula is C18H23N3O2. The molecule has 1 aromatic heterocycles. The Hall–Kier alpha value is -2.24. The van der Waals surface area contributed by atoms with E-state index in [1.807, 2.05) is 49.1 Å². The number of carbonyl (C=O) groups excluding carboxylic acids is 1. The van der Waals surface area contributed by atoms with E-state index in [0.29, 0.717) is 13.1 Å². The molecule has 0 aliphatic rings. The first-order valence-electron chi connectivity index (χ1n) is 7.67. The van der Waals surface area contributed by atoms with Crippen molar-refractivity contribution in [3.8, 4) is 0 Å². The van der Waals surface area contributed by atoms with E-state index in [2.05, 4.69) is 10.3 Å². The van der Waals surface area contributed by atoms with Crippen LogP contribution in [0.3, 0.4) is 0 Å². The van der Waals surface area contributed by atoms with Gasteiger partial charge in [-0.2, -0.15) is 0 Å². The number of hydrogen-bond donors (Lipinski definition) is 2. The summed E-state index contributed by atoms with van der Waals surface area (Å²) in [6.07, 6.45) is 3.49. The zero-order valence-corrected chi connectivity index (χ0v) is 13.6. The Morgan fingerprint density at radius 3 is 2.78 bits per heavy atom. The molecule has 0 saturated carbocycles. The predicted molar refractivity (Wildman–Crippen MR) is 91.1 cm³/mol. The first-order valence-corrected chi connectivity index (χ1v) is 7.67. The van der Waals surface area contributed by atoms with Crippen LogP contribution in [-0.2, 0) is 11.3 Å². The summed E-state index contributed by atoms with van der Waals surface area (Å²) in [7, 11) is 0. The van der Waals surface area contributed by atoms with Gasteiger partial charge in [0.2, 0.25) is 5.91 Å². The van der Waals surface area contributed by atoms with Gasteiger partial charge in [0.15, 0.2) is 0 Å². The molecule has 0 spiro atoms. The van der Waals surface area contributed by atoms with Gasteiger partial charge >= 0.3 is 0 Å². The number of aliphatic hydroxyl groups is 1. The molecule has 2 rings (SSSR count). The number of aryl methyl sites for hydroxylation is 2. The van der Waals surface area contributed by atoms with Crippen molar-refractivity contribution in [2.24, 2.45) is 0 Å². The van der Waals surface area contributed by atoms with Gasteiger partial charge in [0, 0.05) is 31.2 Å². The third-order valence-corrected chi connectivity index (χ3v) is 3.57. The molecule has 0 bridgehead atoms. The predicted octanol–water partition coefficient (Wildman–Crippen LogP) is 2.13. The molecule has 0 radical (unpaired) electrons. The van der Waals surface area contributed by atoms with E-state index in [1.165, 1.54) is 5.56 Å². The van der Waals surface area contributed by atoms with Crippen LogP contribution < -0.4 is 5.32 Å². The second kappa shape index (κ2) is 8.41. The highest BCUT2D eigenvalue weighted by Gasteiger charge is 2.12. The Morgan fingerprint density at radius 1 is 1.30 bits per heavy atom. The molecule has 2 N–H and O–H groups in total. The lowest BCUT2D eigenvalue weighted by Gasteiger charge is -2.21. The van der Waals surface area contributed by atoms with Crippen molar-refractivity contribution >= 4 is 11.6 Å². The maximum atomic E-state index is 12.3. The van der Waals surface area contributed by atoms with Gasteiger partial charge in [-0.05, 0) is 37.1 Å². The molecule has 2 aromatic rings. The molecule has 0 atom stereocenters. The van der Waals surface area contributed by atoms with Crippen LogP contribution in [0.1, 0.15) is 16.7 Å². The van der Waals surface area contributed by atoms with Crippen LogP contribution in [0.2, 0.25) is 0 Å². The van der Waals surface area contributed by atoms with E-state index in [4.69, 9.17) is 0 Å². The number of nitrogens with zero attached hydrogens (tertiary/aromatic N) is 2. The van der Waals surface area contributed by atoms with Crippen LogP contribution in [0.5, 0.6) is 0 Å². The number of aromatic nitrogens is 1. The van der Waals surface area contributed by atoms with E-state index in [0.717, 1.165) is 16.8 Å². The Labute approximate surface area is 137 Å². The number of amides is 1. The molecule has 0 aliphatic heterocycles.